The second-order valence-electron chi connectivity index (χ2n) is 14.6. The van der Waals surface area contributed by atoms with E-state index in [0.717, 1.165) is 16.7 Å². The fourth-order valence-electron chi connectivity index (χ4n) is 9.52. The van der Waals surface area contributed by atoms with Crippen molar-refractivity contribution in [3.63, 3.8) is 0 Å². The average molecular weight is 730 g/mol. The zero-order chi connectivity index (χ0) is 36.8. The maximum absolute atomic E-state index is 5.20. The van der Waals surface area contributed by atoms with Crippen LogP contribution in [0.4, 0.5) is 0 Å². The monoisotopic (exact) mass is 729 g/mol. The molecule has 1 spiro atoms. The third kappa shape index (κ3) is 4.30. The molecule has 56 heavy (non-hydrogen) atoms. The zero-order valence-corrected chi connectivity index (χ0v) is 31.0. The highest BCUT2D eigenvalue weighted by molar-refractivity contribution is 7.26. The molecular weight excluding hydrogens is 699 g/mol. The molecule has 2 aliphatic carbocycles. The van der Waals surface area contributed by atoms with Crippen molar-refractivity contribution in [3.8, 4) is 67.5 Å². The number of hydrogen-bond donors (Lipinski definition) is 0. The normalized spacial score (nSPS) is 13.1. The van der Waals surface area contributed by atoms with Gasteiger partial charge < -0.3 is 0 Å². The predicted octanol–water partition coefficient (Wildman–Crippen LogP) is 13.3. The van der Waals surface area contributed by atoms with Gasteiger partial charge in [-0.15, -0.1) is 11.3 Å². The highest BCUT2D eigenvalue weighted by atomic mass is 32.1. The van der Waals surface area contributed by atoms with Gasteiger partial charge in [-0.25, -0.2) is 15.0 Å². The lowest BCUT2D eigenvalue weighted by Crippen LogP contribution is -2.25. The van der Waals surface area contributed by atoms with E-state index in [2.05, 4.69) is 152 Å². The van der Waals surface area contributed by atoms with Crippen molar-refractivity contribution in [1.82, 2.24) is 15.0 Å². The summed E-state index contributed by atoms with van der Waals surface area (Å²) in [6, 6.07) is 67.8. The van der Waals surface area contributed by atoms with Crippen LogP contribution >= 0.6 is 11.3 Å². The number of hydrogen-bond acceptors (Lipinski definition) is 4. The molecule has 0 unspecified atom stereocenters. The average Bonchev–Trinajstić information content (AvgIpc) is 3.91. The second-order valence-corrected chi connectivity index (χ2v) is 15.7. The highest BCUT2D eigenvalue weighted by Gasteiger charge is 2.52. The predicted molar refractivity (Wildman–Crippen MR) is 231 cm³/mol. The van der Waals surface area contributed by atoms with Crippen molar-refractivity contribution in [2.45, 2.75) is 5.41 Å². The first kappa shape index (κ1) is 31.4. The highest BCUT2D eigenvalue weighted by Crippen LogP contribution is 2.64. The lowest BCUT2D eigenvalue weighted by atomic mass is 9.70. The van der Waals surface area contributed by atoms with E-state index in [1.54, 1.807) is 0 Å². The van der Waals surface area contributed by atoms with Crippen LogP contribution in [0.1, 0.15) is 22.3 Å². The fourth-order valence-corrected chi connectivity index (χ4v) is 10.8. The van der Waals surface area contributed by atoms with Gasteiger partial charge in [-0.2, -0.15) is 0 Å². The molecule has 4 heteroatoms. The van der Waals surface area contributed by atoms with Crippen molar-refractivity contribution in [3.05, 3.63) is 210 Å². The molecule has 10 aromatic rings. The molecule has 0 saturated heterocycles. The Hall–Kier alpha value is -7.01. The van der Waals surface area contributed by atoms with Crippen LogP contribution in [0.3, 0.4) is 0 Å². The van der Waals surface area contributed by atoms with Crippen LogP contribution in [-0.4, -0.2) is 15.0 Å². The van der Waals surface area contributed by atoms with Gasteiger partial charge >= 0.3 is 0 Å². The van der Waals surface area contributed by atoms with E-state index < -0.39 is 5.41 Å². The van der Waals surface area contributed by atoms with Gasteiger partial charge in [0.1, 0.15) is 0 Å². The topological polar surface area (TPSA) is 38.7 Å². The van der Waals surface area contributed by atoms with Crippen LogP contribution in [0.25, 0.3) is 87.7 Å². The minimum atomic E-state index is -0.402. The first-order valence-electron chi connectivity index (χ1n) is 19.0. The Morgan fingerprint density at radius 2 is 0.821 bits per heavy atom. The molecule has 0 radical (unpaired) electrons. The summed E-state index contributed by atoms with van der Waals surface area (Å²) in [5, 5.41) is 2.37. The number of rotatable bonds is 4. The van der Waals surface area contributed by atoms with Gasteiger partial charge in [0.25, 0.3) is 0 Å². The van der Waals surface area contributed by atoms with Crippen molar-refractivity contribution in [2.24, 2.45) is 0 Å². The smallest absolute Gasteiger partial charge is 0.164 e. The van der Waals surface area contributed by atoms with Crippen molar-refractivity contribution < 1.29 is 0 Å². The summed E-state index contributed by atoms with van der Waals surface area (Å²) in [5.41, 5.74) is 15.6. The Kier molecular flexibility index (Phi) is 6.72. The van der Waals surface area contributed by atoms with Crippen molar-refractivity contribution >= 4 is 31.5 Å². The molecule has 12 rings (SSSR count). The number of nitrogens with zero attached hydrogens (tertiary/aromatic N) is 3. The van der Waals surface area contributed by atoms with E-state index in [9.17, 15) is 0 Å². The minimum absolute atomic E-state index is 0.402. The van der Waals surface area contributed by atoms with Gasteiger partial charge in [0.2, 0.25) is 0 Å². The molecule has 0 fully saturated rings. The third-order valence-corrected chi connectivity index (χ3v) is 13.0. The summed E-state index contributed by atoms with van der Waals surface area (Å²) in [5.74, 6) is 1.98. The molecular formula is C52H31N3S. The lowest BCUT2D eigenvalue weighted by Gasteiger charge is -2.30. The van der Waals surface area contributed by atoms with Crippen LogP contribution in [0.5, 0.6) is 0 Å². The molecule has 0 bridgehead atoms. The first-order chi connectivity index (χ1) is 27.8. The van der Waals surface area contributed by atoms with Gasteiger partial charge in [0.05, 0.1) is 5.41 Å². The van der Waals surface area contributed by atoms with E-state index >= 15 is 0 Å². The van der Waals surface area contributed by atoms with E-state index in [4.69, 9.17) is 15.0 Å². The quantitative estimate of drug-likeness (QED) is 0.181. The van der Waals surface area contributed by atoms with Gasteiger partial charge in [-0.1, -0.05) is 176 Å². The maximum atomic E-state index is 5.20. The van der Waals surface area contributed by atoms with E-state index in [1.807, 2.05) is 47.7 Å². The van der Waals surface area contributed by atoms with E-state index in [0.29, 0.717) is 17.5 Å². The molecule has 2 aliphatic rings. The fraction of sp³-hybridized carbons (Fsp3) is 0.0192. The van der Waals surface area contributed by atoms with Crippen LogP contribution in [-0.2, 0) is 5.41 Å². The van der Waals surface area contributed by atoms with Crippen LogP contribution in [0.2, 0.25) is 0 Å². The summed E-state index contributed by atoms with van der Waals surface area (Å²) in [6.07, 6.45) is 0. The Morgan fingerprint density at radius 1 is 0.339 bits per heavy atom. The van der Waals surface area contributed by atoms with Crippen LogP contribution in [0, 0.1) is 0 Å². The summed E-state index contributed by atoms with van der Waals surface area (Å²) < 4.78 is 2.46. The molecule has 0 aliphatic heterocycles. The van der Waals surface area contributed by atoms with E-state index in [-0.39, 0.29) is 0 Å². The van der Waals surface area contributed by atoms with Gasteiger partial charge in [-0.3, -0.25) is 0 Å². The largest absolute Gasteiger partial charge is 0.208 e. The molecule has 0 saturated carbocycles. The van der Waals surface area contributed by atoms with Gasteiger partial charge in [0, 0.05) is 42.4 Å². The first-order valence-corrected chi connectivity index (χ1v) is 19.9. The second kappa shape index (κ2) is 12.0. The molecule has 260 valence electrons. The van der Waals surface area contributed by atoms with Crippen molar-refractivity contribution in [1.29, 1.82) is 0 Å². The standard InChI is InChI=1S/C52H31N3S/c1-3-16-32(17-4-1)49-53-50(33-18-5-2-6-19-33)55-51(54-49)40-31-30-37(48-47(40)39-23-10-14-29-45(39)56-48)36-24-15-28-44-46(36)38-22-9-13-27-43(38)52(44)41-25-11-7-20-34(41)35-21-8-12-26-42(35)52/h1-31H. The Bertz CT molecular complexity index is 3100. The lowest BCUT2D eigenvalue weighted by molar-refractivity contribution is 0.794. The summed E-state index contributed by atoms with van der Waals surface area (Å²) in [4.78, 5) is 15.4. The molecule has 3 nitrogen and oxygen atoms in total. The maximum Gasteiger partial charge on any atom is 0.164 e. The molecule has 8 aromatic carbocycles. The number of fused-ring (bicyclic) bond motifs is 13. The minimum Gasteiger partial charge on any atom is -0.208 e. The van der Waals surface area contributed by atoms with E-state index in [1.165, 1.54) is 75.8 Å². The summed E-state index contributed by atoms with van der Waals surface area (Å²) >= 11 is 1.85. The number of benzene rings is 8. The summed E-state index contributed by atoms with van der Waals surface area (Å²) in [7, 11) is 0. The van der Waals surface area contributed by atoms with Crippen LogP contribution in [0.15, 0.2) is 188 Å². The SMILES string of the molecule is c1ccc(-c2nc(-c3ccccc3)nc(-c3ccc(-c4cccc5c4-c4ccccc4C54c5ccccc5-c5ccccc54)c4sc5ccccc5c34)n2)cc1. The van der Waals surface area contributed by atoms with Crippen molar-refractivity contribution in [2.75, 3.05) is 0 Å². The third-order valence-electron chi connectivity index (χ3n) is 11.8. The Labute approximate surface area is 328 Å². The Balaban J connectivity index is 1.14. The number of thiophene rings is 1. The number of aromatic nitrogens is 3. The molecule has 0 atom stereocenters. The Morgan fingerprint density at radius 3 is 1.48 bits per heavy atom. The zero-order valence-electron chi connectivity index (χ0n) is 30.1. The molecule has 2 aromatic heterocycles. The molecule has 2 heterocycles. The van der Waals surface area contributed by atoms with Crippen LogP contribution < -0.4 is 0 Å². The summed E-state index contributed by atoms with van der Waals surface area (Å²) in [6.45, 7) is 0. The molecule has 0 amide bonds. The van der Waals surface area contributed by atoms with Gasteiger partial charge in [-0.05, 0) is 62.2 Å². The molecule has 0 N–H and O–H groups in total. The van der Waals surface area contributed by atoms with Gasteiger partial charge in [0.15, 0.2) is 17.5 Å².